The summed E-state index contributed by atoms with van der Waals surface area (Å²) in [6, 6.07) is 12.0. The van der Waals surface area contributed by atoms with Crippen LogP contribution in [0.4, 0.5) is 0 Å². The van der Waals surface area contributed by atoms with E-state index in [1.165, 1.54) is 17.7 Å². The fraction of sp³-hybridized carbons (Fsp3) is 0.364. The molecule has 5 nitrogen and oxygen atoms in total. The number of carbonyl (C=O) groups is 1. The van der Waals surface area contributed by atoms with Gasteiger partial charge in [-0.15, -0.1) is 11.3 Å². The molecule has 3 heterocycles. The smallest absolute Gasteiger partial charge is 0.254 e. The Balaban J connectivity index is 1.52. The van der Waals surface area contributed by atoms with Gasteiger partial charge in [0.05, 0.1) is 29.2 Å². The minimum absolute atomic E-state index is 0.0733. The summed E-state index contributed by atoms with van der Waals surface area (Å²) < 4.78 is 1.80. The van der Waals surface area contributed by atoms with Crippen LogP contribution in [0.25, 0.3) is 5.69 Å². The fourth-order valence-corrected chi connectivity index (χ4v) is 5.01. The first-order valence-electron chi connectivity index (χ1n) is 10.1. The first-order valence-corrected chi connectivity index (χ1v) is 11.3. The van der Waals surface area contributed by atoms with Crippen LogP contribution in [-0.2, 0) is 6.42 Å². The quantitative estimate of drug-likeness (QED) is 0.592. The van der Waals surface area contributed by atoms with Gasteiger partial charge < -0.3 is 5.32 Å². The second kappa shape index (κ2) is 9.11. The molecule has 7 heteroatoms. The van der Waals surface area contributed by atoms with E-state index in [9.17, 15) is 4.79 Å². The Labute approximate surface area is 180 Å². The molecule has 1 atom stereocenters. The van der Waals surface area contributed by atoms with Gasteiger partial charge in [-0.3, -0.25) is 9.69 Å². The van der Waals surface area contributed by atoms with Crippen LogP contribution < -0.4 is 5.32 Å². The highest BCUT2D eigenvalue weighted by molar-refractivity contribution is 7.10. The molecule has 152 valence electrons. The predicted molar refractivity (Wildman–Crippen MR) is 118 cm³/mol. The number of likely N-dealkylation sites (tertiary alicyclic amines) is 1. The molecule has 1 fully saturated rings. The minimum atomic E-state index is -0.0733. The molecule has 1 amide bonds. The van der Waals surface area contributed by atoms with Crippen LogP contribution in [0.3, 0.4) is 0 Å². The minimum Gasteiger partial charge on any atom is -0.350 e. The summed E-state index contributed by atoms with van der Waals surface area (Å²) >= 11 is 7.88. The zero-order valence-corrected chi connectivity index (χ0v) is 18.0. The maximum atomic E-state index is 13.0. The lowest BCUT2D eigenvalue weighted by molar-refractivity contribution is 0.0937. The zero-order chi connectivity index (χ0) is 20.2. The number of hydrogen-bond donors (Lipinski definition) is 1. The monoisotopic (exact) mass is 428 g/mol. The number of benzene rings is 1. The van der Waals surface area contributed by atoms with Gasteiger partial charge >= 0.3 is 0 Å². The van der Waals surface area contributed by atoms with Crippen LogP contribution in [0, 0.1) is 0 Å². The Morgan fingerprint density at radius 1 is 1.28 bits per heavy atom. The number of nitrogens with one attached hydrogen (secondary N) is 1. The maximum Gasteiger partial charge on any atom is 0.254 e. The Hall–Kier alpha value is -2.15. The normalized spacial score (nSPS) is 15.5. The lowest BCUT2D eigenvalue weighted by Gasteiger charge is -2.26. The van der Waals surface area contributed by atoms with E-state index in [1.54, 1.807) is 22.2 Å². The van der Waals surface area contributed by atoms with Crippen molar-refractivity contribution < 1.29 is 4.79 Å². The molecule has 0 radical (unpaired) electrons. The van der Waals surface area contributed by atoms with E-state index in [2.05, 4.69) is 32.8 Å². The molecule has 1 aromatic carbocycles. The first-order chi connectivity index (χ1) is 14.2. The third-order valence-electron chi connectivity index (χ3n) is 5.41. The zero-order valence-electron chi connectivity index (χ0n) is 16.5. The molecular formula is C22H25ClN4OS. The predicted octanol–water partition coefficient (Wildman–Crippen LogP) is 4.72. The summed E-state index contributed by atoms with van der Waals surface area (Å²) in [6.45, 7) is 4.81. The van der Waals surface area contributed by atoms with Crippen molar-refractivity contribution in [1.29, 1.82) is 0 Å². The van der Waals surface area contributed by atoms with Gasteiger partial charge in [0, 0.05) is 16.4 Å². The number of rotatable bonds is 7. The van der Waals surface area contributed by atoms with Crippen LogP contribution in [0.5, 0.6) is 0 Å². The number of nitrogens with zero attached hydrogens (tertiary/aromatic N) is 3. The van der Waals surface area contributed by atoms with E-state index in [4.69, 9.17) is 11.6 Å². The molecule has 1 N–H and O–H groups in total. The van der Waals surface area contributed by atoms with Crippen LogP contribution in [0.2, 0.25) is 5.02 Å². The van der Waals surface area contributed by atoms with E-state index in [-0.39, 0.29) is 11.9 Å². The van der Waals surface area contributed by atoms with Gasteiger partial charge in [-0.25, -0.2) is 4.68 Å². The van der Waals surface area contributed by atoms with Gasteiger partial charge in [-0.1, -0.05) is 30.7 Å². The topological polar surface area (TPSA) is 50.2 Å². The first kappa shape index (κ1) is 20.1. The number of thiophene rings is 1. The summed E-state index contributed by atoms with van der Waals surface area (Å²) in [4.78, 5) is 16.8. The molecule has 3 aromatic rings. The Morgan fingerprint density at radius 3 is 2.79 bits per heavy atom. The van der Waals surface area contributed by atoms with Gasteiger partial charge in [0.1, 0.15) is 0 Å². The molecule has 1 unspecified atom stereocenters. The average Bonchev–Trinajstić information content (AvgIpc) is 3.49. The summed E-state index contributed by atoms with van der Waals surface area (Å²) in [6.07, 6.45) is 4.81. The second-order valence-corrected chi connectivity index (χ2v) is 8.65. The second-order valence-electron chi connectivity index (χ2n) is 7.23. The van der Waals surface area contributed by atoms with Crippen molar-refractivity contribution in [1.82, 2.24) is 20.0 Å². The van der Waals surface area contributed by atoms with E-state index < -0.39 is 0 Å². The van der Waals surface area contributed by atoms with Crippen molar-refractivity contribution in [3.63, 3.8) is 0 Å². The van der Waals surface area contributed by atoms with Crippen LogP contribution in [0.1, 0.15) is 46.7 Å². The maximum absolute atomic E-state index is 13.0. The van der Waals surface area contributed by atoms with Crippen molar-refractivity contribution in [3.8, 4) is 5.69 Å². The van der Waals surface area contributed by atoms with Crippen molar-refractivity contribution in [2.75, 3.05) is 19.6 Å². The SMILES string of the molecule is CCc1c(C(=O)NCC(c2cccs2)N2CCCC2)cnn1-c1cccc(Cl)c1. The lowest BCUT2D eigenvalue weighted by Crippen LogP contribution is -2.36. The molecule has 0 spiro atoms. The van der Waals surface area contributed by atoms with Crippen molar-refractivity contribution in [2.45, 2.75) is 32.2 Å². The number of aromatic nitrogens is 2. The summed E-state index contributed by atoms with van der Waals surface area (Å²) in [5.41, 5.74) is 2.37. The summed E-state index contributed by atoms with van der Waals surface area (Å²) in [5, 5.41) is 10.4. The number of halogens is 1. The van der Waals surface area contributed by atoms with Crippen LogP contribution >= 0.6 is 22.9 Å². The van der Waals surface area contributed by atoms with Gasteiger partial charge in [0.2, 0.25) is 0 Å². The van der Waals surface area contributed by atoms with Gasteiger partial charge in [-0.2, -0.15) is 5.10 Å². The van der Waals surface area contributed by atoms with Crippen LogP contribution in [-0.4, -0.2) is 40.2 Å². The van der Waals surface area contributed by atoms with Crippen molar-refractivity contribution >= 4 is 28.8 Å². The molecule has 0 aliphatic carbocycles. The van der Waals surface area contributed by atoms with Gasteiger partial charge in [-0.05, 0) is 62.0 Å². The highest BCUT2D eigenvalue weighted by atomic mass is 35.5. The third kappa shape index (κ3) is 4.39. The molecule has 0 bridgehead atoms. The Kier molecular flexibility index (Phi) is 6.33. The number of amides is 1. The third-order valence-corrected chi connectivity index (χ3v) is 6.62. The van der Waals surface area contributed by atoms with E-state index in [1.807, 2.05) is 31.2 Å². The van der Waals surface area contributed by atoms with E-state index >= 15 is 0 Å². The van der Waals surface area contributed by atoms with E-state index in [0.29, 0.717) is 23.6 Å². The van der Waals surface area contributed by atoms with Gasteiger partial charge in [0.25, 0.3) is 5.91 Å². The largest absolute Gasteiger partial charge is 0.350 e. The van der Waals surface area contributed by atoms with Gasteiger partial charge in [0.15, 0.2) is 0 Å². The molecule has 0 saturated carbocycles. The Bertz CT molecular complexity index is 963. The molecular weight excluding hydrogens is 404 g/mol. The summed E-state index contributed by atoms with van der Waals surface area (Å²) in [5.74, 6) is -0.0733. The standard InChI is InChI=1S/C22H25ClN4OS/c1-2-19-18(14-25-27(19)17-8-5-7-16(23)13-17)22(28)24-15-20(21-9-6-12-29-21)26-10-3-4-11-26/h5-9,12-14,20H,2-4,10-11,15H2,1H3,(H,24,28). The Morgan fingerprint density at radius 2 is 2.10 bits per heavy atom. The van der Waals surface area contributed by atoms with Crippen LogP contribution in [0.15, 0.2) is 48.0 Å². The molecule has 1 aliphatic rings. The number of hydrogen-bond acceptors (Lipinski definition) is 4. The molecule has 1 saturated heterocycles. The highest BCUT2D eigenvalue weighted by Crippen LogP contribution is 2.28. The van der Waals surface area contributed by atoms with Crippen molar-refractivity contribution in [3.05, 3.63) is 69.1 Å². The van der Waals surface area contributed by atoms with E-state index in [0.717, 1.165) is 24.5 Å². The highest BCUT2D eigenvalue weighted by Gasteiger charge is 2.25. The lowest BCUT2D eigenvalue weighted by atomic mass is 10.1. The molecule has 29 heavy (non-hydrogen) atoms. The molecule has 2 aromatic heterocycles. The fourth-order valence-electron chi connectivity index (χ4n) is 3.96. The number of carbonyl (C=O) groups excluding carboxylic acids is 1. The molecule has 4 rings (SSSR count). The van der Waals surface area contributed by atoms with Crippen molar-refractivity contribution in [2.24, 2.45) is 0 Å². The summed E-state index contributed by atoms with van der Waals surface area (Å²) in [7, 11) is 0. The average molecular weight is 429 g/mol. The molecule has 1 aliphatic heterocycles.